The number of piperazine rings is 1. The maximum atomic E-state index is 6.02. The Kier molecular flexibility index (Phi) is 4.66. The summed E-state index contributed by atoms with van der Waals surface area (Å²) in [6.07, 6.45) is 0. The third-order valence-corrected chi connectivity index (χ3v) is 3.27. The van der Waals surface area contributed by atoms with Gasteiger partial charge < -0.3 is 10.1 Å². The highest BCUT2D eigenvalue weighted by molar-refractivity contribution is 6.32. The van der Waals surface area contributed by atoms with Gasteiger partial charge in [0.15, 0.2) is 0 Å². The highest BCUT2D eigenvalue weighted by atomic mass is 35.5. The van der Waals surface area contributed by atoms with Crippen LogP contribution in [0.15, 0.2) is 24.3 Å². The van der Waals surface area contributed by atoms with Gasteiger partial charge in [-0.2, -0.15) is 0 Å². The largest absolute Gasteiger partial charge is 0.491 e. The average Bonchev–Trinajstić information content (AvgIpc) is 2.32. The van der Waals surface area contributed by atoms with Crippen LogP contribution in [0.25, 0.3) is 0 Å². The Labute approximate surface area is 108 Å². The van der Waals surface area contributed by atoms with E-state index in [-0.39, 0.29) is 0 Å². The van der Waals surface area contributed by atoms with E-state index in [1.807, 2.05) is 24.3 Å². The Hall–Kier alpha value is -0.770. The zero-order valence-corrected chi connectivity index (χ0v) is 10.9. The highest BCUT2D eigenvalue weighted by Gasteiger charge is 2.14. The molecule has 0 saturated carbocycles. The van der Waals surface area contributed by atoms with Gasteiger partial charge in [0.2, 0.25) is 0 Å². The molecule has 1 aliphatic rings. The van der Waals surface area contributed by atoms with Crippen LogP contribution in [0.3, 0.4) is 0 Å². The maximum absolute atomic E-state index is 6.02. The second kappa shape index (κ2) is 6.24. The van der Waals surface area contributed by atoms with Crippen molar-refractivity contribution in [2.24, 2.45) is 0 Å². The monoisotopic (exact) mass is 254 g/mol. The molecule has 0 aromatic heterocycles. The third kappa shape index (κ3) is 3.87. The predicted octanol–water partition coefficient (Wildman–Crippen LogP) is 2.01. The van der Waals surface area contributed by atoms with Crippen LogP contribution in [0.5, 0.6) is 5.75 Å². The summed E-state index contributed by atoms with van der Waals surface area (Å²) in [5.74, 6) is 0.775. The molecule has 1 aromatic rings. The number of hydrogen-bond donors (Lipinski definition) is 1. The van der Waals surface area contributed by atoms with Crippen LogP contribution in [0.4, 0.5) is 0 Å². The van der Waals surface area contributed by atoms with E-state index in [4.69, 9.17) is 16.3 Å². The number of rotatable bonds is 4. The van der Waals surface area contributed by atoms with E-state index >= 15 is 0 Å². The van der Waals surface area contributed by atoms with Crippen LogP contribution in [0.1, 0.15) is 6.92 Å². The van der Waals surface area contributed by atoms with E-state index in [0.29, 0.717) is 17.7 Å². The minimum atomic E-state index is 0.573. The first kappa shape index (κ1) is 12.7. The van der Waals surface area contributed by atoms with Crippen molar-refractivity contribution >= 4 is 11.6 Å². The number of halogens is 1. The standard InChI is InChI=1S/C13H19ClN2O/c1-11-10-16(7-6-15-11)8-9-17-13-5-3-2-4-12(13)14/h2-5,11,15H,6-10H2,1H3. The van der Waals surface area contributed by atoms with Crippen molar-refractivity contribution in [2.75, 3.05) is 32.8 Å². The fraction of sp³-hybridized carbons (Fsp3) is 0.538. The van der Waals surface area contributed by atoms with Crippen LogP contribution in [0, 0.1) is 0 Å². The molecule has 0 spiro atoms. The molecule has 3 nitrogen and oxygen atoms in total. The molecule has 1 heterocycles. The molecule has 1 fully saturated rings. The van der Waals surface area contributed by atoms with Gasteiger partial charge in [-0.15, -0.1) is 0 Å². The number of para-hydroxylation sites is 1. The van der Waals surface area contributed by atoms with Gasteiger partial charge in [-0.3, -0.25) is 4.90 Å². The summed E-state index contributed by atoms with van der Waals surface area (Å²) in [6, 6.07) is 8.18. The van der Waals surface area contributed by atoms with Gasteiger partial charge in [-0.05, 0) is 19.1 Å². The van der Waals surface area contributed by atoms with Gasteiger partial charge in [-0.25, -0.2) is 0 Å². The molecule has 0 radical (unpaired) electrons. The molecule has 1 N–H and O–H groups in total. The number of nitrogens with zero attached hydrogens (tertiary/aromatic N) is 1. The van der Waals surface area contributed by atoms with Crippen molar-refractivity contribution in [1.29, 1.82) is 0 Å². The molecule has 1 aromatic carbocycles. The van der Waals surface area contributed by atoms with Gasteiger partial charge >= 0.3 is 0 Å². The topological polar surface area (TPSA) is 24.5 Å². The molecule has 1 saturated heterocycles. The summed E-state index contributed by atoms with van der Waals surface area (Å²) >= 11 is 6.02. The molecular weight excluding hydrogens is 236 g/mol. The summed E-state index contributed by atoms with van der Waals surface area (Å²) in [5, 5.41) is 4.11. The van der Waals surface area contributed by atoms with Crippen molar-refractivity contribution in [3.63, 3.8) is 0 Å². The molecule has 1 aliphatic heterocycles. The van der Waals surface area contributed by atoms with Gasteiger partial charge in [0.1, 0.15) is 12.4 Å². The number of nitrogens with one attached hydrogen (secondary N) is 1. The molecular formula is C13H19ClN2O. The second-order valence-electron chi connectivity index (χ2n) is 4.43. The molecule has 94 valence electrons. The fourth-order valence-corrected chi connectivity index (χ4v) is 2.25. The predicted molar refractivity (Wildman–Crippen MR) is 70.9 cm³/mol. The molecule has 0 amide bonds. The maximum Gasteiger partial charge on any atom is 0.137 e. The van der Waals surface area contributed by atoms with Gasteiger partial charge in [-0.1, -0.05) is 23.7 Å². The smallest absolute Gasteiger partial charge is 0.137 e. The van der Waals surface area contributed by atoms with Gasteiger partial charge in [0, 0.05) is 32.2 Å². The van der Waals surface area contributed by atoms with E-state index in [1.165, 1.54) is 0 Å². The zero-order valence-electron chi connectivity index (χ0n) is 10.2. The zero-order chi connectivity index (χ0) is 12.1. The molecule has 1 atom stereocenters. The van der Waals surface area contributed by atoms with Crippen molar-refractivity contribution in [3.8, 4) is 5.75 Å². The lowest BCUT2D eigenvalue weighted by atomic mass is 10.2. The SMILES string of the molecule is CC1CN(CCOc2ccccc2Cl)CCN1. The average molecular weight is 255 g/mol. The molecule has 0 bridgehead atoms. The van der Waals surface area contributed by atoms with Crippen LogP contribution in [0.2, 0.25) is 5.02 Å². The van der Waals surface area contributed by atoms with E-state index in [0.717, 1.165) is 31.9 Å². The van der Waals surface area contributed by atoms with Crippen LogP contribution in [-0.4, -0.2) is 43.7 Å². The lowest BCUT2D eigenvalue weighted by Crippen LogP contribution is -2.50. The Bertz CT molecular complexity index is 359. The first-order chi connectivity index (χ1) is 8.25. The summed E-state index contributed by atoms with van der Waals surface area (Å²) < 4.78 is 5.68. The molecule has 1 unspecified atom stereocenters. The van der Waals surface area contributed by atoms with Gasteiger partial charge in [0.25, 0.3) is 0 Å². The second-order valence-corrected chi connectivity index (χ2v) is 4.84. The first-order valence-electron chi connectivity index (χ1n) is 6.09. The summed E-state index contributed by atoms with van der Waals surface area (Å²) in [4.78, 5) is 2.41. The number of ether oxygens (including phenoxy) is 1. The molecule has 17 heavy (non-hydrogen) atoms. The first-order valence-corrected chi connectivity index (χ1v) is 6.46. The molecule has 4 heteroatoms. The summed E-state index contributed by atoms with van der Waals surface area (Å²) in [7, 11) is 0. The lowest BCUT2D eigenvalue weighted by molar-refractivity contribution is 0.170. The lowest BCUT2D eigenvalue weighted by Gasteiger charge is -2.31. The number of hydrogen-bond acceptors (Lipinski definition) is 3. The van der Waals surface area contributed by atoms with Crippen LogP contribution in [-0.2, 0) is 0 Å². The highest BCUT2D eigenvalue weighted by Crippen LogP contribution is 2.22. The quantitative estimate of drug-likeness (QED) is 0.890. The van der Waals surface area contributed by atoms with E-state index in [1.54, 1.807) is 0 Å². The van der Waals surface area contributed by atoms with Crippen molar-refractivity contribution < 1.29 is 4.74 Å². The van der Waals surface area contributed by atoms with E-state index in [2.05, 4.69) is 17.1 Å². The normalized spacial score (nSPS) is 21.4. The molecule has 0 aliphatic carbocycles. The van der Waals surface area contributed by atoms with E-state index in [9.17, 15) is 0 Å². The summed E-state index contributed by atoms with van der Waals surface area (Å²) in [5.41, 5.74) is 0. The van der Waals surface area contributed by atoms with Crippen LogP contribution < -0.4 is 10.1 Å². The van der Waals surface area contributed by atoms with Crippen molar-refractivity contribution in [2.45, 2.75) is 13.0 Å². The van der Waals surface area contributed by atoms with Crippen LogP contribution >= 0.6 is 11.6 Å². The minimum Gasteiger partial charge on any atom is -0.491 e. The Morgan fingerprint density at radius 1 is 1.47 bits per heavy atom. The fourth-order valence-electron chi connectivity index (χ4n) is 2.06. The third-order valence-electron chi connectivity index (χ3n) is 2.95. The number of benzene rings is 1. The van der Waals surface area contributed by atoms with E-state index < -0.39 is 0 Å². The van der Waals surface area contributed by atoms with Gasteiger partial charge in [0.05, 0.1) is 5.02 Å². The Morgan fingerprint density at radius 2 is 2.29 bits per heavy atom. The minimum absolute atomic E-state index is 0.573. The van der Waals surface area contributed by atoms with Crippen molar-refractivity contribution in [1.82, 2.24) is 10.2 Å². The Morgan fingerprint density at radius 3 is 3.06 bits per heavy atom. The van der Waals surface area contributed by atoms with Crippen molar-refractivity contribution in [3.05, 3.63) is 29.3 Å². The summed E-state index contributed by atoms with van der Waals surface area (Å²) in [6.45, 7) is 7.10. The molecule has 2 rings (SSSR count). The Balaban J connectivity index is 1.74.